The summed E-state index contributed by atoms with van der Waals surface area (Å²) >= 11 is 0. The molecule has 1 saturated heterocycles. The van der Waals surface area contributed by atoms with Crippen LogP contribution in [0.1, 0.15) is 31.7 Å². The van der Waals surface area contributed by atoms with Crippen LogP contribution < -0.4 is 10.6 Å². The van der Waals surface area contributed by atoms with Crippen molar-refractivity contribution < 1.29 is 9.18 Å². The third-order valence-corrected chi connectivity index (χ3v) is 4.04. The molecule has 5 nitrogen and oxygen atoms in total. The number of carbonyl (C=O) groups is 1. The number of likely N-dealkylation sites (tertiary alicyclic amines) is 1. The van der Waals surface area contributed by atoms with Gasteiger partial charge in [0.1, 0.15) is 5.82 Å². The third-order valence-electron chi connectivity index (χ3n) is 4.04. The van der Waals surface area contributed by atoms with Crippen LogP contribution in [0.5, 0.6) is 0 Å². The fourth-order valence-electron chi connectivity index (χ4n) is 2.75. The van der Waals surface area contributed by atoms with E-state index in [1.807, 2.05) is 17.9 Å². The first-order valence-corrected chi connectivity index (χ1v) is 8.74. The second-order valence-corrected chi connectivity index (χ2v) is 5.87. The van der Waals surface area contributed by atoms with Gasteiger partial charge >= 0.3 is 0 Å². The molecule has 0 aromatic heterocycles. The van der Waals surface area contributed by atoms with Crippen molar-refractivity contribution in [3.63, 3.8) is 0 Å². The zero-order chi connectivity index (χ0) is 17.2. The van der Waals surface area contributed by atoms with E-state index in [4.69, 9.17) is 0 Å². The van der Waals surface area contributed by atoms with Gasteiger partial charge in [-0.3, -0.25) is 9.79 Å². The Hall–Kier alpha value is -2.11. The van der Waals surface area contributed by atoms with E-state index in [1.54, 1.807) is 12.1 Å². The minimum absolute atomic E-state index is 0.179. The summed E-state index contributed by atoms with van der Waals surface area (Å²) in [5.41, 5.74) is 0.685. The summed E-state index contributed by atoms with van der Waals surface area (Å²) in [6, 6.07) is 6.78. The first-order chi connectivity index (χ1) is 11.7. The second-order valence-electron chi connectivity index (χ2n) is 5.87. The number of amides is 1. The zero-order valence-electron chi connectivity index (χ0n) is 14.4. The molecule has 0 saturated carbocycles. The molecule has 1 aromatic carbocycles. The monoisotopic (exact) mass is 334 g/mol. The number of hydrogen-bond donors (Lipinski definition) is 2. The fourth-order valence-corrected chi connectivity index (χ4v) is 2.75. The predicted octanol–water partition coefficient (Wildman–Crippen LogP) is 1.94. The highest BCUT2D eigenvalue weighted by molar-refractivity contribution is 5.80. The van der Waals surface area contributed by atoms with Crippen LogP contribution in [0, 0.1) is 5.82 Å². The molecule has 6 heteroatoms. The molecule has 0 aliphatic carbocycles. The Morgan fingerprint density at radius 3 is 2.71 bits per heavy atom. The number of carbonyl (C=O) groups excluding carboxylic acids is 1. The lowest BCUT2D eigenvalue weighted by Crippen LogP contribution is -2.38. The summed E-state index contributed by atoms with van der Waals surface area (Å²) in [4.78, 5) is 18.3. The third kappa shape index (κ3) is 5.83. The van der Waals surface area contributed by atoms with E-state index in [9.17, 15) is 9.18 Å². The van der Waals surface area contributed by atoms with Crippen molar-refractivity contribution in [3.05, 3.63) is 35.6 Å². The number of hydrogen-bond acceptors (Lipinski definition) is 2. The molecular formula is C18H27FN4O. The Kier molecular flexibility index (Phi) is 7.52. The smallest absolute Gasteiger partial charge is 0.224 e. The van der Waals surface area contributed by atoms with Crippen LogP contribution in [-0.2, 0) is 11.2 Å². The average Bonchev–Trinajstić information content (AvgIpc) is 3.11. The highest BCUT2D eigenvalue weighted by Crippen LogP contribution is 2.09. The Balaban J connectivity index is 1.75. The minimum atomic E-state index is -0.183. The summed E-state index contributed by atoms with van der Waals surface area (Å²) in [6.45, 7) is 5.54. The van der Waals surface area contributed by atoms with Crippen molar-refractivity contribution >= 4 is 11.9 Å². The van der Waals surface area contributed by atoms with Crippen LogP contribution in [0.2, 0.25) is 0 Å². The number of halogens is 1. The van der Waals surface area contributed by atoms with Gasteiger partial charge in [-0.15, -0.1) is 0 Å². The normalized spacial score (nSPS) is 14.8. The summed E-state index contributed by atoms with van der Waals surface area (Å²) in [5.74, 6) is 0.666. The van der Waals surface area contributed by atoms with Crippen LogP contribution in [0.3, 0.4) is 0 Å². The van der Waals surface area contributed by atoms with Gasteiger partial charge in [0.25, 0.3) is 0 Å². The largest absolute Gasteiger partial charge is 0.357 e. The van der Waals surface area contributed by atoms with Crippen LogP contribution in [0.4, 0.5) is 4.39 Å². The number of aliphatic imine (C=N–C) groups is 1. The van der Waals surface area contributed by atoms with E-state index < -0.39 is 0 Å². The van der Waals surface area contributed by atoms with Crippen molar-refractivity contribution in [2.75, 3.05) is 32.7 Å². The minimum Gasteiger partial charge on any atom is -0.357 e. The number of rotatable bonds is 7. The molecule has 1 fully saturated rings. The van der Waals surface area contributed by atoms with Crippen LogP contribution in [0.25, 0.3) is 0 Å². The van der Waals surface area contributed by atoms with Gasteiger partial charge in [-0.25, -0.2) is 4.39 Å². The van der Waals surface area contributed by atoms with Crippen LogP contribution >= 0.6 is 0 Å². The molecule has 1 aliphatic rings. The molecule has 132 valence electrons. The highest BCUT2D eigenvalue weighted by Gasteiger charge is 2.16. The molecule has 0 radical (unpaired) electrons. The van der Waals surface area contributed by atoms with E-state index in [0.717, 1.165) is 32.5 Å². The van der Waals surface area contributed by atoms with Crippen LogP contribution in [0.15, 0.2) is 29.3 Å². The molecule has 0 unspecified atom stereocenters. The van der Waals surface area contributed by atoms with Crippen molar-refractivity contribution in [2.24, 2.45) is 4.99 Å². The molecule has 1 amide bonds. The lowest BCUT2D eigenvalue weighted by Gasteiger charge is -2.15. The van der Waals surface area contributed by atoms with Gasteiger partial charge in [0, 0.05) is 32.6 Å². The molecule has 0 bridgehead atoms. The summed E-state index contributed by atoms with van der Waals surface area (Å²) < 4.78 is 13.6. The van der Waals surface area contributed by atoms with E-state index in [2.05, 4.69) is 15.6 Å². The Morgan fingerprint density at radius 1 is 1.25 bits per heavy atom. The molecule has 2 rings (SSSR count). The molecule has 1 aliphatic heterocycles. The summed E-state index contributed by atoms with van der Waals surface area (Å²) in [7, 11) is 0. The maximum absolute atomic E-state index is 13.6. The predicted molar refractivity (Wildman–Crippen MR) is 94.5 cm³/mol. The van der Waals surface area contributed by atoms with Gasteiger partial charge in [-0.1, -0.05) is 18.2 Å². The van der Waals surface area contributed by atoms with Gasteiger partial charge in [0.15, 0.2) is 5.96 Å². The standard InChI is InChI=1S/C18H27FN4O/c1-2-20-18(21-11-9-15-7-3-4-8-16(15)19)22-12-10-17(24)23-13-5-6-14-23/h3-4,7-8H,2,5-6,9-14H2,1H3,(H2,20,21,22). The highest BCUT2D eigenvalue weighted by atomic mass is 19.1. The summed E-state index contributed by atoms with van der Waals surface area (Å²) in [5, 5.41) is 6.33. The molecule has 2 N–H and O–H groups in total. The number of nitrogens with one attached hydrogen (secondary N) is 2. The SMILES string of the molecule is CCNC(=NCCC(=O)N1CCCC1)NCCc1ccccc1F. The number of nitrogens with zero attached hydrogens (tertiary/aromatic N) is 2. The molecule has 0 spiro atoms. The molecule has 1 heterocycles. The summed E-state index contributed by atoms with van der Waals surface area (Å²) in [6.07, 6.45) is 3.23. The van der Waals surface area contributed by atoms with Gasteiger partial charge < -0.3 is 15.5 Å². The Labute approximate surface area is 143 Å². The lowest BCUT2D eigenvalue weighted by molar-refractivity contribution is -0.129. The number of guanidine groups is 1. The van der Waals surface area contributed by atoms with E-state index >= 15 is 0 Å². The molecule has 24 heavy (non-hydrogen) atoms. The van der Waals surface area contributed by atoms with Gasteiger partial charge in [0.05, 0.1) is 6.54 Å². The quantitative estimate of drug-likeness (QED) is 0.592. The van der Waals surface area contributed by atoms with E-state index in [-0.39, 0.29) is 11.7 Å². The first-order valence-electron chi connectivity index (χ1n) is 8.74. The maximum Gasteiger partial charge on any atom is 0.224 e. The number of benzene rings is 1. The van der Waals surface area contributed by atoms with Crippen molar-refractivity contribution in [2.45, 2.75) is 32.6 Å². The van der Waals surface area contributed by atoms with Gasteiger partial charge in [0.2, 0.25) is 5.91 Å². The van der Waals surface area contributed by atoms with Crippen molar-refractivity contribution in [1.29, 1.82) is 0 Å². The maximum atomic E-state index is 13.6. The Morgan fingerprint density at radius 2 is 2.00 bits per heavy atom. The van der Waals surface area contributed by atoms with Gasteiger partial charge in [-0.05, 0) is 37.8 Å². The van der Waals surface area contributed by atoms with Crippen molar-refractivity contribution in [1.82, 2.24) is 15.5 Å². The Bertz CT molecular complexity index is 556. The van der Waals surface area contributed by atoms with E-state index in [0.29, 0.717) is 37.5 Å². The average molecular weight is 334 g/mol. The second kappa shape index (κ2) is 9.90. The van der Waals surface area contributed by atoms with Gasteiger partial charge in [-0.2, -0.15) is 0 Å². The van der Waals surface area contributed by atoms with Crippen molar-refractivity contribution in [3.8, 4) is 0 Å². The molecule has 0 atom stereocenters. The zero-order valence-corrected chi connectivity index (χ0v) is 14.4. The fraction of sp³-hybridized carbons (Fsp3) is 0.556. The lowest BCUT2D eigenvalue weighted by atomic mass is 10.1. The first kappa shape index (κ1) is 18.2. The van der Waals surface area contributed by atoms with E-state index in [1.165, 1.54) is 6.07 Å². The topological polar surface area (TPSA) is 56.7 Å². The molecule has 1 aromatic rings. The van der Waals surface area contributed by atoms with Crippen LogP contribution in [-0.4, -0.2) is 49.5 Å². The molecular weight excluding hydrogens is 307 g/mol.